The Morgan fingerprint density at radius 1 is 1.48 bits per heavy atom. The van der Waals surface area contributed by atoms with Crippen molar-refractivity contribution in [3.05, 3.63) is 17.7 Å². The number of anilines is 1. The molecule has 1 heterocycles. The van der Waals surface area contributed by atoms with Gasteiger partial charge < -0.3 is 21.1 Å². The van der Waals surface area contributed by atoms with Crippen LogP contribution in [0.1, 0.15) is 30.1 Å². The van der Waals surface area contributed by atoms with Gasteiger partial charge >= 0.3 is 0 Å². The first-order valence-corrected chi connectivity index (χ1v) is 9.26. The van der Waals surface area contributed by atoms with Crippen molar-refractivity contribution < 1.29 is 17.9 Å². The maximum absolute atomic E-state index is 12.4. The number of methoxy groups -OCH3 is 1. The largest absolute Gasteiger partial charge is 0.496 e. The van der Waals surface area contributed by atoms with Gasteiger partial charge in [0.05, 0.1) is 29.0 Å². The number of hydrogen-bond donors (Lipinski definition) is 3. The molecule has 0 unspecified atom stereocenters. The lowest BCUT2D eigenvalue weighted by Crippen LogP contribution is -2.37. The number of nitrogen functional groups attached to an aromatic ring is 1. The van der Waals surface area contributed by atoms with Crippen LogP contribution in [0.2, 0.25) is 0 Å². The molecule has 0 spiro atoms. The summed E-state index contributed by atoms with van der Waals surface area (Å²) in [6.07, 6.45) is 2.10. The molecule has 1 atom stereocenters. The fourth-order valence-electron chi connectivity index (χ4n) is 2.59. The van der Waals surface area contributed by atoms with Crippen LogP contribution in [0.4, 0.5) is 5.69 Å². The van der Waals surface area contributed by atoms with Crippen molar-refractivity contribution in [2.45, 2.75) is 30.7 Å². The number of carbonyl (C=O) groups is 1. The Morgan fingerprint density at radius 2 is 2.22 bits per heavy atom. The lowest BCUT2D eigenvalue weighted by molar-refractivity contribution is 0.0947. The minimum Gasteiger partial charge on any atom is -0.496 e. The van der Waals surface area contributed by atoms with Crippen LogP contribution < -0.4 is 21.1 Å². The Labute approximate surface area is 136 Å². The number of carbonyl (C=O) groups excluding carboxylic acids is 1. The molecule has 0 saturated carbocycles. The van der Waals surface area contributed by atoms with Crippen LogP contribution in [0, 0.1) is 0 Å². The summed E-state index contributed by atoms with van der Waals surface area (Å²) in [7, 11) is -2.10. The molecule has 1 aromatic carbocycles. The Hall–Kier alpha value is -1.80. The van der Waals surface area contributed by atoms with E-state index in [2.05, 4.69) is 10.6 Å². The summed E-state index contributed by atoms with van der Waals surface area (Å²) in [5, 5.41) is 6.10. The molecule has 0 radical (unpaired) electrons. The lowest BCUT2D eigenvalue weighted by Gasteiger charge is -2.15. The van der Waals surface area contributed by atoms with Crippen molar-refractivity contribution in [3.8, 4) is 5.75 Å². The molecule has 1 aromatic rings. The maximum Gasteiger partial charge on any atom is 0.255 e. The van der Waals surface area contributed by atoms with Gasteiger partial charge in [0.1, 0.15) is 5.75 Å². The molecule has 7 nitrogen and oxygen atoms in total. The van der Waals surface area contributed by atoms with E-state index in [4.69, 9.17) is 10.5 Å². The predicted molar refractivity (Wildman–Crippen MR) is 88.5 cm³/mol. The van der Waals surface area contributed by atoms with Crippen LogP contribution in [0.15, 0.2) is 17.0 Å². The van der Waals surface area contributed by atoms with Crippen molar-refractivity contribution in [1.29, 1.82) is 0 Å². The van der Waals surface area contributed by atoms with Gasteiger partial charge in [-0.1, -0.05) is 6.92 Å². The Bertz CT molecular complexity index is 682. The summed E-state index contributed by atoms with van der Waals surface area (Å²) in [6.45, 7) is 2.97. The van der Waals surface area contributed by atoms with Crippen molar-refractivity contribution in [2.24, 2.45) is 0 Å². The average molecular weight is 341 g/mol. The van der Waals surface area contributed by atoms with Crippen LogP contribution in [-0.2, 0) is 9.84 Å². The maximum atomic E-state index is 12.4. The molecule has 1 aliphatic heterocycles. The lowest BCUT2D eigenvalue weighted by atomic mass is 10.1. The van der Waals surface area contributed by atoms with Crippen LogP contribution in [0.25, 0.3) is 0 Å². The van der Waals surface area contributed by atoms with Gasteiger partial charge in [0.2, 0.25) is 0 Å². The summed E-state index contributed by atoms with van der Waals surface area (Å²) in [6, 6.07) is 2.92. The normalized spacial score (nSPS) is 17.9. The number of nitrogens with one attached hydrogen (secondary N) is 2. The van der Waals surface area contributed by atoms with Gasteiger partial charge in [0.25, 0.3) is 5.91 Å². The summed E-state index contributed by atoms with van der Waals surface area (Å²) in [4.78, 5) is 12.4. The molecule has 0 aliphatic carbocycles. The van der Waals surface area contributed by atoms with Crippen LogP contribution >= 0.6 is 0 Å². The standard InChI is InChI=1S/C15H23N3O4S/c1-3-23(20,21)14-7-11(13(22-2)8-12(14)16)15(19)18-9-10-5-4-6-17-10/h7-8,10,17H,3-6,9,16H2,1-2H3,(H,18,19)/t10-/m1/s1. The number of ether oxygens (including phenoxy) is 1. The topological polar surface area (TPSA) is 111 Å². The third-order valence-electron chi connectivity index (χ3n) is 3.96. The third kappa shape index (κ3) is 3.94. The second-order valence-electron chi connectivity index (χ2n) is 5.50. The van der Waals surface area contributed by atoms with Crippen LogP contribution in [-0.4, -0.2) is 46.3 Å². The van der Waals surface area contributed by atoms with Gasteiger partial charge in [-0.2, -0.15) is 0 Å². The van der Waals surface area contributed by atoms with Gasteiger partial charge in [0, 0.05) is 18.7 Å². The zero-order valence-electron chi connectivity index (χ0n) is 13.4. The Morgan fingerprint density at radius 3 is 2.78 bits per heavy atom. The number of rotatable bonds is 6. The first-order chi connectivity index (χ1) is 10.9. The molecule has 1 fully saturated rings. The van der Waals surface area contributed by atoms with E-state index in [1.165, 1.54) is 26.2 Å². The summed E-state index contributed by atoms with van der Waals surface area (Å²) >= 11 is 0. The summed E-state index contributed by atoms with van der Waals surface area (Å²) < 4.78 is 29.4. The zero-order valence-corrected chi connectivity index (χ0v) is 14.2. The van der Waals surface area contributed by atoms with Crippen molar-refractivity contribution in [1.82, 2.24) is 10.6 Å². The fraction of sp³-hybridized carbons (Fsp3) is 0.533. The smallest absolute Gasteiger partial charge is 0.255 e. The molecule has 4 N–H and O–H groups in total. The molecular weight excluding hydrogens is 318 g/mol. The molecule has 1 aliphatic rings. The molecule has 2 rings (SSSR count). The highest BCUT2D eigenvalue weighted by Gasteiger charge is 2.23. The van der Waals surface area contributed by atoms with Crippen molar-refractivity contribution in [3.63, 3.8) is 0 Å². The first-order valence-electron chi connectivity index (χ1n) is 7.61. The average Bonchev–Trinajstić information content (AvgIpc) is 3.05. The van der Waals surface area contributed by atoms with Gasteiger partial charge in [-0.05, 0) is 25.5 Å². The predicted octanol–water partition coefficient (Wildman–Crippen LogP) is 0.553. The minimum absolute atomic E-state index is 0.0371. The number of sulfone groups is 1. The highest BCUT2D eigenvalue weighted by atomic mass is 32.2. The fourth-order valence-corrected chi connectivity index (χ4v) is 3.62. The number of nitrogens with two attached hydrogens (primary N) is 1. The van der Waals surface area contributed by atoms with Gasteiger partial charge in [-0.25, -0.2) is 8.42 Å². The first kappa shape index (κ1) is 17.6. The van der Waals surface area contributed by atoms with E-state index in [9.17, 15) is 13.2 Å². The van der Waals surface area contributed by atoms with E-state index in [0.29, 0.717) is 6.54 Å². The van der Waals surface area contributed by atoms with E-state index in [1.54, 1.807) is 0 Å². The highest BCUT2D eigenvalue weighted by molar-refractivity contribution is 7.91. The number of hydrogen-bond acceptors (Lipinski definition) is 6. The van der Waals surface area contributed by atoms with E-state index < -0.39 is 9.84 Å². The molecule has 1 saturated heterocycles. The van der Waals surface area contributed by atoms with Crippen LogP contribution in [0.5, 0.6) is 5.75 Å². The second-order valence-corrected chi connectivity index (χ2v) is 7.74. The SMILES string of the molecule is CCS(=O)(=O)c1cc(C(=O)NC[C@H]2CCCN2)c(OC)cc1N. The quantitative estimate of drug-likeness (QED) is 0.652. The summed E-state index contributed by atoms with van der Waals surface area (Å²) in [5.74, 6) is -0.200. The Kier molecular flexibility index (Phi) is 5.48. The van der Waals surface area contributed by atoms with Gasteiger partial charge in [-0.15, -0.1) is 0 Å². The molecule has 1 amide bonds. The van der Waals surface area contributed by atoms with E-state index in [0.717, 1.165) is 19.4 Å². The molecular formula is C15H23N3O4S. The minimum atomic E-state index is -3.51. The van der Waals surface area contributed by atoms with E-state index >= 15 is 0 Å². The van der Waals surface area contributed by atoms with Gasteiger partial charge in [0.15, 0.2) is 9.84 Å². The third-order valence-corrected chi connectivity index (χ3v) is 5.75. The molecule has 0 bridgehead atoms. The molecule has 23 heavy (non-hydrogen) atoms. The number of benzene rings is 1. The van der Waals surface area contributed by atoms with E-state index in [-0.39, 0.29) is 39.6 Å². The molecule has 0 aromatic heterocycles. The number of amides is 1. The monoisotopic (exact) mass is 341 g/mol. The molecule has 8 heteroatoms. The summed E-state index contributed by atoms with van der Waals surface area (Å²) in [5.41, 5.74) is 6.05. The van der Waals surface area contributed by atoms with E-state index in [1.807, 2.05) is 0 Å². The highest BCUT2D eigenvalue weighted by Crippen LogP contribution is 2.29. The van der Waals surface area contributed by atoms with Crippen LogP contribution in [0.3, 0.4) is 0 Å². The van der Waals surface area contributed by atoms with Crippen molar-refractivity contribution in [2.75, 3.05) is 31.7 Å². The van der Waals surface area contributed by atoms with Gasteiger partial charge in [-0.3, -0.25) is 4.79 Å². The molecule has 128 valence electrons. The Balaban J connectivity index is 2.28. The van der Waals surface area contributed by atoms with Crippen molar-refractivity contribution >= 4 is 21.4 Å². The zero-order chi connectivity index (χ0) is 17.0. The second kappa shape index (κ2) is 7.18.